The molecule has 1 aliphatic heterocycles. The van der Waals surface area contributed by atoms with Crippen LogP contribution in [0.1, 0.15) is 6.42 Å². The largest absolute Gasteiger partial charge is 0.463 e. The zero-order valence-electron chi connectivity index (χ0n) is 6.20. The third-order valence-electron chi connectivity index (χ3n) is 1.54. The van der Waals surface area contributed by atoms with E-state index < -0.39 is 0 Å². The smallest absolute Gasteiger partial charge is 0.295 e. The van der Waals surface area contributed by atoms with Crippen molar-refractivity contribution in [1.29, 1.82) is 0 Å². The van der Waals surface area contributed by atoms with Gasteiger partial charge in [-0.05, 0) is 27.3 Å². The molecule has 1 aromatic heterocycles. The average Bonchev–Trinajstić information content (AvgIpc) is 2.63. The lowest BCUT2D eigenvalue weighted by Crippen LogP contribution is -2.15. The topological polar surface area (TPSA) is 44.2 Å². The van der Waals surface area contributed by atoms with E-state index in [1.165, 1.54) is 11.3 Å². The Labute approximate surface area is 82.0 Å². The standard InChI is InChI=1S/C6H7BrN2O2S/c7-5-8-9-6(12-5)11-4-1-2-10-3-4/h4H,1-3H2. The van der Waals surface area contributed by atoms with Gasteiger partial charge in [-0.1, -0.05) is 5.10 Å². The number of halogens is 1. The lowest BCUT2D eigenvalue weighted by Gasteiger charge is -2.06. The Bertz CT molecular complexity index is 262. The summed E-state index contributed by atoms with van der Waals surface area (Å²) >= 11 is 4.61. The first-order chi connectivity index (χ1) is 5.84. The van der Waals surface area contributed by atoms with Crippen LogP contribution in [0.4, 0.5) is 0 Å². The molecule has 1 unspecified atom stereocenters. The van der Waals surface area contributed by atoms with Crippen molar-refractivity contribution in [2.75, 3.05) is 13.2 Å². The Morgan fingerprint density at radius 1 is 1.58 bits per heavy atom. The summed E-state index contributed by atoms with van der Waals surface area (Å²) in [7, 11) is 0. The molecular weight excluding hydrogens is 244 g/mol. The van der Waals surface area contributed by atoms with Crippen molar-refractivity contribution in [2.24, 2.45) is 0 Å². The molecule has 0 aliphatic carbocycles. The molecule has 0 N–H and O–H groups in total. The minimum atomic E-state index is 0.157. The van der Waals surface area contributed by atoms with Gasteiger partial charge >= 0.3 is 0 Å². The predicted octanol–water partition coefficient (Wildman–Crippen LogP) is 1.47. The summed E-state index contributed by atoms with van der Waals surface area (Å²) in [5.41, 5.74) is 0. The van der Waals surface area contributed by atoms with Gasteiger partial charge < -0.3 is 9.47 Å². The van der Waals surface area contributed by atoms with E-state index in [0.717, 1.165) is 16.9 Å². The van der Waals surface area contributed by atoms with Crippen LogP contribution in [0.2, 0.25) is 0 Å². The summed E-state index contributed by atoms with van der Waals surface area (Å²) in [6.07, 6.45) is 1.10. The fraction of sp³-hybridized carbons (Fsp3) is 0.667. The highest BCUT2D eigenvalue weighted by atomic mass is 79.9. The van der Waals surface area contributed by atoms with Gasteiger partial charge in [0.05, 0.1) is 13.2 Å². The van der Waals surface area contributed by atoms with E-state index in [4.69, 9.17) is 9.47 Å². The summed E-state index contributed by atoms with van der Waals surface area (Å²) in [6, 6.07) is 0. The van der Waals surface area contributed by atoms with Crippen LogP contribution in [0.3, 0.4) is 0 Å². The van der Waals surface area contributed by atoms with E-state index in [1.807, 2.05) is 0 Å². The van der Waals surface area contributed by atoms with E-state index in [2.05, 4.69) is 26.1 Å². The molecule has 0 aromatic carbocycles. The second-order valence-electron chi connectivity index (χ2n) is 2.42. The third kappa shape index (κ3) is 1.94. The van der Waals surface area contributed by atoms with Crippen LogP contribution in [0.5, 0.6) is 5.19 Å². The molecule has 1 atom stereocenters. The van der Waals surface area contributed by atoms with Gasteiger partial charge in [-0.25, -0.2) is 0 Å². The zero-order chi connectivity index (χ0) is 8.39. The molecule has 1 aromatic rings. The molecule has 0 bridgehead atoms. The maximum absolute atomic E-state index is 5.49. The summed E-state index contributed by atoms with van der Waals surface area (Å²) in [5, 5.41) is 8.21. The molecule has 12 heavy (non-hydrogen) atoms. The van der Waals surface area contributed by atoms with E-state index in [0.29, 0.717) is 11.8 Å². The van der Waals surface area contributed by atoms with Crippen LogP contribution in [-0.2, 0) is 4.74 Å². The van der Waals surface area contributed by atoms with Crippen LogP contribution in [0, 0.1) is 0 Å². The van der Waals surface area contributed by atoms with E-state index >= 15 is 0 Å². The third-order valence-corrected chi connectivity index (χ3v) is 2.78. The second kappa shape index (κ2) is 3.68. The Morgan fingerprint density at radius 2 is 2.50 bits per heavy atom. The van der Waals surface area contributed by atoms with Gasteiger partial charge in [0.2, 0.25) is 0 Å². The van der Waals surface area contributed by atoms with Crippen molar-refractivity contribution >= 4 is 27.3 Å². The van der Waals surface area contributed by atoms with Crippen molar-refractivity contribution in [3.05, 3.63) is 3.92 Å². The van der Waals surface area contributed by atoms with Gasteiger partial charge in [0.1, 0.15) is 6.10 Å². The number of hydrogen-bond donors (Lipinski definition) is 0. The normalized spacial score (nSPS) is 22.9. The fourth-order valence-electron chi connectivity index (χ4n) is 0.989. The summed E-state index contributed by atoms with van der Waals surface area (Å²) < 4.78 is 11.4. The summed E-state index contributed by atoms with van der Waals surface area (Å²) in [5.74, 6) is 0. The zero-order valence-corrected chi connectivity index (χ0v) is 8.60. The molecule has 2 heterocycles. The first kappa shape index (κ1) is 8.40. The second-order valence-corrected chi connectivity index (χ2v) is 4.64. The summed E-state index contributed by atoms with van der Waals surface area (Å²) in [4.78, 5) is 0. The van der Waals surface area contributed by atoms with Crippen LogP contribution in [0.15, 0.2) is 3.92 Å². The Balaban J connectivity index is 1.94. The van der Waals surface area contributed by atoms with E-state index in [1.54, 1.807) is 0 Å². The Kier molecular flexibility index (Phi) is 2.57. The minimum Gasteiger partial charge on any atom is -0.463 e. The molecule has 0 amide bonds. The Hall–Kier alpha value is -0.200. The number of aromatic nitrogens is 2. The van der Waals surface area contributed by atoms with Crippen LogP contribution >= 0.6 is 27.3 Å². The molecular formula is C6H7BrN2O2S. The summed E-state index contributed by atoms with van der Waals surface area (Å²) in [6.45, 7) is 1.45. The van der Waals surface area contributed by atoms with Gasteiger partial charge in [-0.3, -0.25) is 0 Å². The molecule has 0 radical (unpaired) electrons. The SMILES string of the molecule is Brc1nnc(OC2CCOC2)s1. The molecule has 1 fully saturated rings. The Morgan fingerprint density at radius 3 is 3.08 bits per heavy atom. The molecule has 66 valence electrons. The predicted molar refractivity (Wildman–Crippen MR) is 47.5 cm³/mol. The van der Waals surface area contributed by atoms with Crippen LogP contribution in [-0.4, -0.2) is 29.5 Å². The van der Waals surface area contributed by atoms with Crippen molar-refractivity contribution in [3.63, 3.8) is 0 Å². The highest BCUT2D eigenvalue weighted by molar-refractivity contribution is 9.11. The number of hydrogen-bond acceptors (Lipinski definition) is 5. The van der Waals surface area contributed by atoms with Crippen LogP contribution in [0.25, 0.3) is 0 Å². The van der Waals surface area contributed by atoms with Gasteiger partial charge in [0, 0.05) is 6.42 Å². The van der Waals surface area contributed by atoms with Crippen LogP contribution < -0.4 is 4.74 Å². The number of nitrogens with zero attached hydrogens (tertiary/aromatic N) is 2. The molecule has 1 aliphatic rings. The van der Waals surface area contributed by atoms with Crippen molar-refractivity contribution < 1.29 is 9.47 Å². The molecule has 2 rings (SSSR count). The van der Waals surface area contributed by atoms with Crippen molar-refractivity contribution in [1.82, 2.24) is 10.2 Å². The average molecular weight is 251 g/mol. The lowest BCUT2D eigenvalue weighted by atomic mass is 10.3. The van der Waals surface area contributed by atoms with E-state index in [9.17, 15) is 0 Å². The van der Waals surface area contributed by atoms with E-state index in [-0.39, 0.29) is 6.10 Å². The molecule has 6 heteroatoms. The fourth-order valence-corrected chi connectivity index (χ4v) is 1.98. The maximum atomic E-state index is 5.49. The molecule has 1 saturated heterocycles. The minimum absolute atomic E-state index is 0.157. The lowest BCUT2D eigenvalue weighted by molar-refractivity contribution is 0.140. The van der Waals surface area contributed by atoms with Gasteiger partial charge in [0.25, 0.3) is 5.19 Å². The van der Waals surface area contributed by atoms with Gasteiger partial charge in [0.15, 0.2) is 3.92 Å². The molecule has 0 saturated carbocycles. The van der Waals surface area contributed by atoms with Crippen molar-refractivity contribution in [3.8, 4) is 5.19 Å². The number of ether oxygens (including phenoxy) is 2. The molecule has 4 nitrogen and oxygen atoms in total. The molecule has 0 spiro atoms. The monoisotopic (exact) mass is 250 g/mol. The van der Waals surface area contributed by atoms with Gasteiger partial charge in [-0.15, -0.1) is 5.10 Å². The van der Waals surface area contributed by atoms with Gasteiger partial charge in [-0.2, -0.15) is 0 Å². The van der Waals surface area contributed by atoms with Crippen molar-refractivity contribution in [2.45, 2.75) is 12.5 Å². The maximum Gasteiger partial charge on any atom is 0.295 e. The highest BCUT2D eigenvalue weighted by Gasteiger charge is 2.18. The highest BCUT2D eigenvalue weighted by Crippen LogP contribution is 2.24. The number of rotatable bonds is 2. The first-order valence-electron chi connectivity index (χ1n) is 3.58. The quantitative estimate of drug-likeness (QED) is 0.798. The first-order valence-corrected chi connectivity index (χ1v) is 5.19.